The van der Waals surface area contributed by atoms with E-state index in [9.17, 15) is 0 Å². The van der Waals surface area contributed by atoms with Crippen LogP contribution in [-0.2, 0) is 13.0 Å². The summed E-state index contributed by atoms with van der Waals surface area (Å²) in [6.45, 7) is 5.13. The molecule has 0 aliphatic carbocycles. The Kier molecular flexibility index (Phi) is 6.92. The molecule has 2 aromatic carbocycles. The fourth-order valence-corrected chi connectivity index (χ4v) is 3.91. The van der Waals surface area contributed by atoms with Crippen molar-refractivity contribution in [2.45, 2.75) is 25.5 Å². The molecule has 1 aliphatic rings. The summed E-state index contributed by atoms with van der Waals surface area (Å²) in [6, 6.07) is 16.6. The maximum Gasteiger partial charge on any atom is 0.119 e. The Morgan fingerprint density at radius 2 is 1.73 bits per heavy atom. The lowest BCUT2D eigenvalue weighted by Crippen LogP contribution is -2.44. The molecule has 30 heavy (non-hydrogen) atoms. The molecule has 0 bridgehead atoms. The van der Waals surface area contributed by atoms with Crippen molar-refractivity contribution in [3.8, 4) is 5.75 Å². The molecule has 1 fully saturated rings. The molecule has 1 unspecified atom stereocenters. The summed E-state index contributed by atoms with van der Waals surface area (Å²) < 4.78 is 8.47. The van der Waals surface area contributed by atoms with Crippen LogP contribution in [0.4, 0.5) is 5.69 Å². The number of halogens is 1. The van der Waals surface area contributed by atoms with Crippen LogP contribution in [0.5, 0.6) is 5.75 Å². The molecule has 0 spiro atoms. The minimum absolute atomic E-state index is 0.0596. The number of likely N-dealkylation sites (N-methyl/N-ethyl adjacent to an activating group) is 1. The molecule has 0 N–H and O–H groups in total. The minimum atomic E-state index is 0.0596. The van der Waals surface area contributed by atoms with Crippen LogP contribution in [0.3, 0.4) is 0 Å². The van der Waals surface area contributed by atoms with E-state index in [1.54, 1.807) is 6.20 Å². The summed E-state index contributed by atoms with van der Waals surface area (Å²) in [5.41, 5.74) is 2.53. The number of ether oxygens (including phenoxy) is 1. The molecule has 158 valence electrons. The molecule has 4 rings (SSSR count). The highest BCUT2D eigenvalue weighted by Crippen LogP contribution is 2.23. The number of hydrogen-bond donors (Lipinski definition) is 0. The second-order valence-electron chi connectivity index (χ2n) is 7.95. The van der Waals surface area contributed by atoms with Gasteiger partial charge in [-0.3, -0.25) is 0 Å². The summed E-state index contributed by atoms with van der Waals surface area (Å²) >= 11 is 6.01. The molecule has 0 radical (unpaired) electrons. The smallest absolute Gasteiger partial charge is 0.119 e. The standard InChI is InChI=1S/C24H29ClN4O/c1-27-14-16-29(17-15-27)22-7-10-23(11-8-22)30-24(18-28-13-12-26-19-28)9-4-20-2-5-21(25)6-3-20/h2-3,5-8,10-13,19,24H,4,9,14-18H2,1H3. The molecule has 1 atom stereocenters. The maximum atomic E-state index is 6.39. The fourth-order valence-electron chi connectivity index (χ4n) is 3.79. The highest BCUT2D eigenvalue weighted by molar-refractivity contribution is 6.30. The van der Waals surface area contributed by atoms with E-state index >= 15 is 0 Å². The molecule has 6 heteroatoms. The van der Waals surface area contributed by atoms with Gasteiger partial charge >= 0.3 is 0 Å². The molecule has 3 aromatic rings. The van der Waals surface area contributed by atoms with Gasteiger partial charge in [-0.05, 0) is 61.9 Å². The quantitative estimate of drug-likeness (QED) is 0.537. The van der Waals surface area contributed by atoms with Crippen molar-refractivity contribution >= 4 is 17.3 Å². The zero-order chi connectivity index (χ0) is 20.8. The van der Waals surface area contributed by atoms with Gasteiger partial charge in [0.2, 0.25) is 0 Å². The van der Waals surface area contributed by atoms with Crippen molar-refractivity contribution in [2.24, 2.45) is 0 Å². The monoisotopic (exact) mass is 424 g/mol. The van der Waals surface area contributed by atoms with Crippen LogP contribution in [-0.4, -0.2) is 53.8 Å². The zero-order valence-electron chi connectivity index (χ0n) is 17.5. The molecule has 1 aromatic heterocycles. The third-order valence-corrected chi connectivity index (χ3v) is 5.90. The molecular formula is C24H29ClN4O. The Balaban J connectivity index is 1.39. The molecule has 1 aliphatic heterocycles. The normalized spacial score (nSPS) is 15.9. The van der Waals surface area contributed by atoms with Crippen molar-refractivity contribution in [3.05, 3.63) is 77.8 Å². The van der Waals surface area contributed by atoms with Crippen molar-refractivity contribution in [2.75, 3.05) is 38.1 Å². The first-order chi connectivity index (χ1) is 14.7. The van der Waals surface area contributed by atoms with Crippen molar-refractivity contribution in [1.29, 1.82) is 0 Å². The first-order valence-electron chi connectivity index (χ1n) is 10.6. The Morgan fingerprint density at radius 3 is 2.40 bits per heavy atom. The van der Waals surface area contributed by atoms with Crippen LogP contribution >= 0.6 is 11.6 Å². The number of nitrogens with zero attached hydrogens (tertiary/aromatic N) is 4. The third kappa shape index (κ3) is 5.77. The molecule has 1 saturated heterocycles. The summed E-state index contributed by atoms with van der Waals surface area (Å²) in [5, 5.41) is 0.769. The first-order valence-corrected chi connectivity index (χ1v) is 10.9. The highest BCUT2D eigenvalue weighted by Gasteiger charge is 2.15. The second-order valence-corrected chi connectivity index (χ2v) is 8.39. The summed E-state index contributed by atoms with van der Waals surface area (Å²) in [4.78, 5) is 8.97. The average molecular weight is 425 g/mol. The lowest BCUT2D eigenvalue weighted by molar-refractivity contribution is 0.170. The molecule has 5 nitrogen and oxygen atoms in total. The first kappa shape index (κ1) is 20.8. The van der Waals surface area contributed by atoms with Crippen molar-refractivity contribution < 1.29 is 4.74 Å². The minimum Gasteiger partial charge on any atom is -0.489 e. The Hall–Kier alpha value is -2.50. The van der Waals surface area contributed by atoms with E-state index in [0.29, 0.717) is 0 Å². The Labute approximate surface area is 183 Å². The lowest BCUT2D eigenvalue weighted by atomic mass is 10.1. The average Bonchev–Trinajstić information content (AvgIpc) is 3.27. The summed E-state index contributed by atoms with van der Waals surface area (Å²) in [7, 11) is 2.18. The highest BCUT2D eigenvalue weighted by atomic mass is 35.5. The van der Waals surface area contributed by atoms with Crippen LogP contribution in [0.1, 0.15) is 12.0 Å². The van der Waals surface area contributed by atoms with Crippen molar-refractivity contribution in [3.63, 3.8) is 0 Å². The molecule has 0 amide bonds. The predicted molar refractivity (Wildman–Crippen MR) is 123 cm³/mol. The Morgan fingerprint density at radius 1 is 1.00 bits per heavy atom. The van der Waals surface area contributed by atoms with Gasteiger partial charge in [0.05, 0.1) is 12.9 Å². The fraction of sp³-hybridized carbons (Fsp3) is 0.375. The number of anilines is 1. The van der Waals surface area contributed by atoms with Crippen LogP contribution in [0.25, 0.3) is 0 Å². The van der Waals surface area contributed by atoms with E-state index in [1.807, 2.05) is 24.7 Å². The Bertz CT molecular complexity index is 888. The number of benzene rings is 2. The largest absolute Gasteiger partial charge is 0.489 e. The molecular weight excluding hydrogens is 396 g/mol. The topological polar surface area (TPSA) is 33.5 Å². The third-order valence-electron chi connectivity index (χ3n) is 5.65. The van der Waals surface area contributed by atoms with E-state index in [-0.39, 0.29) is 6.10 Å². The number of aryl methyl sites for hydroxylation is 1. The van der Waals surface area contributed by atoms with Crippen LogP contribution < -0.4 is 9.64 Å². The predicted octanol–water partition coefficient (Wildman–Crippen LogP) is 4.37. The van der Waals surface area contributed by atoms with E-state index in [1.165, 1.54) is 11.3 Å². The molecule has 0 saturated carbocycles. The second kappa shape index (κ2) is 10.0. The van der Waals surface area contributed by atoms with Gasteiger partial charge in [0.15, 0.2) is 0 Å². The van der Waals surface area contributed by atoms with E-state index < -0.39 is 0 Å². The lowest BCUT2D eigenvalue weighted by Gasteiger charge is -2.34. The van der Waals surface area contributed by atoms with E-state index in [4.69, 9.17) is 16.3 Å². The summed E-state index contributed by atoms with van der Waals surface area (Å²) in [6.07, 6.45) is 7.55. The molecule has 2 heterocycles. The van der Waals surface area contributed by atoms with Gasteiger partial charge < -0.3 is 19.1 Å². The van der Waals surface area contributed by atoms with Gasteiger partial charge in [0.1, 0.15) is 11.9 Å². The van der Waals surface area contributed by atoms with Gasteiger partial charge in [0.25, 0.3) is 0 Å². The number of aromatic nitrogens is 2. The van der Waals surface area contributed by atoms with Crippen LogP contribution in [0, 0.1) is 0 Å². The van der Waals surface area contributed by atoms with Gasteiger partial charge in [-0.15, -0.1) is 0 Å². The number of rotatable bonds is 8. The number of imidazole rings is 1. The van der Waals surface area contributed by atoms with Gasteiger partial charge in [-0.2, -0.15) is 0 Å². The summed E-state index contributed by atoms with van der Waals surface area (Å²) in [5.74, 6) is 0.911. The zero-order valence-corrected chi connectivity index (χ0v) is 18.2. The van der Waals surface area contributed by atoms with E-state index in [0.717, 1.165) is 56.3 Å². The van der Waals surface area contributed by atoms with Crippen molar-refractivity contribution in [1.82, 2.24) is 14.5 Å². The van der Waals surface area contributed by atoms with E-state index in [2.05, 4.69) is 62.8 Å². The van der Waals surface area contributed by atoms with Gasteiger partial charge in [-0.25, -0.2) is 4.98 Å². The van der Waals surface area contributed by atoms with Gasteiger partial charge in [-0.1, -0.05) is 23.7 Å². The SMILES string of the molecule is CN1CCN(c2ccc(OC(CCc3ccc(Cl)cc3)Cn3ccnc3)cc2)CC1. The van der Waals surface area contributed by atoms with Gasteiger partial charge in [0, 0.05) is 49.3 Å². The number of piperazine rings is 1. The maximum absolute atomic E-state index is 6.39. The number of hydrogen-bond acceptors (Lipinski definition) is 4. The van der Waals surface area contributed by atoms with Crippen LogP contribution in [0.2, 0.25) is 5.02 Å². The van der Waals surface area contributed by atoms with Crippen LogP contribution in [0.15, 0.2) is 67.3 Å².